The molecule has 3 aromatic rings. The van der Waals surface area contributed by atoms with Crippen molar-refractivity contribution in [3.8, 4) is 17.2 Å². The number of carbonyl (C=O) groups excluding carboxylic acids is 2. The Morgan fingerprint density at radius 3 is 2.15 bits per heavy atom. The van der Waals surface area contributed by atoms with Gasteiger partial charge in [0.25, 0.3) is 0 Å². The molecule has 0 aromatic heterocycles. The van der Waals surface area contributed by atoms with E-state index in [9.17, 15) is 9.59 Å². The quantitative estimate of drug-likeness (QED) is 0.270. The van der Waals surface area contributed by atoms with Crippen molar-refractivity contribution < 1.29 is 23.8 Å². The van der Waals surface area contributed by atoms with Crippen molar-refractivity contribution >= 4 is 11.8 Å². The van der Waals surface area contributed by atoms with E-state index in [1.165, 1.54) is 0 Å². The van der Waals surface area contributed by atoms with Crippen molar-refractivity contribution in [1.29, 1.82) is 0 Å². The normalized spacial score (nSPS) is 11.5. The lowest BCUT2D eigenvalue weighted by atomic mass is 10.0. The summed E-state index contributed by atoms with van der Waals surface area (Å²) in [5.41, 5.74) is 1.89. The van der Waals surface area contributed by atoms with Crippen LogP contribution in [0.2, 0.25) is 0 Å². The SMILES string of the molecule is COc1ccc(OCCCC(=O)N(Cc2cccc(OC)c2)[C@H](Cc2ccccc2)C(=O)NCC(C)C)cc1. The summed E-state index contributed by atoms with van der Waals surface area (Å²) in [4.78, 5) is 28.9. The van der Waals surface area contributed by atoms with Gasteiger partial charge in [0.2, 0.25) is 11.8 Å². The molecule has 0 radical (unpaired) electrons. The highest BCUT2D eigenvalue weighted by Gasteiger charge is 2.30. The zero-order valence-electron chi connectivity index (χ0n) is 23.4. The number of benzene rings is 3. The fourth-order valence-electron chi connectivity index (χ4n) is 4.17. The van der Waals surface area contributed by atoms with Crippen molar-refractivity contribution in [3.63, 3.8) is 0 Å². The second-order valence-corrected chi connectivity index (χ2v) is 9.85. The monoisotopic (exact) mass is 532 g/mol. The largest absolute Gasteiger partial charge is 0.497 e. The fourth-order valence-corrected chi connectivity index (χ4v) is 4.17. The molecular weight excluding hydrogens is 492 g/mol. The van der Waals surface area contributed by atoms with E-state index in [1.807, 2.05) is 78.9 Å². The summed E-state index contributed by atoms with van der Waals surface area (Å²) in [6.07, 6.45) is 1.19. The third-order valence-electron chi connectivity index (χ3n) is 6.31. The molecule has 0 heterocycles. The zero-order valence-corrected chi connectivity index (χ0v) is 23.4. The smallest absolute Gasteiger partial charge is 0.243 e. The van der Waals surface area contributed by atoms with Gasteiger partial charge < -0.3 is 24.4 Å². The van der Waals surface area contributed by atoms with Gasteiger partial charge >= 0.3 is 0 Å². The van der Waals surface area contributed by atoms with Crippen LogP contribution in [0, 0.1) is 5.92 Å². The van der Waals surface area contributed by atoms with Gasteiger partial charge in [0.1, 0.15) is 23.3 Å². The van der Waals surface area contributed by atoms with E-state index in [-0.39, 0.29) is 18.2 Å². The van der Waals surface area contributed by atoms with Gasteiger partial charge in [-0.05, 0) is 59.9 Å². The predicted molar refractivity (Wildman–Crippen MR) is 153 cm³/mol. The molecule has 0 unspecified atom stereocenters. The molecule has 7 nitrogen and oxygen atoms in total. The number of methoxy groups -OCH3 is 2. The van der Waals surface area contributed by atoms with Crippen molar-refractivity contribution in [2.45, 2.75) is 45.7 Å². The molecule has 0 aliphatic rings. The van der Waals surface area contributed by atoms with Gasteiger partial charge in [-0.2, -0.15) is 0 Å². The Kier molecular flexibility index (Phi) is 11.7. The van der Waals surface area contributed by atoms with E-state index in [0.717, 1.165) is 16.9 Å². The lowest BCUT2D eigenvalue weighted by Gasteiger charge is -2.32. The van der Waals surface area contributed by atoms with E-state index in [0.29, 0.717) is 50.0 Å². The van der Waals surface area contributed by atoms with Crippen LogP contribution in [0.15, 0.2) is 78.9 Å². The Bertz CT molecular complexity index is 1160. The summed E-state index contributed by atoms with van der Waals surface area (Å²) in [7, 11) is 3.23. The molecule has 7 heteroatoms. The summed E-state index contributed by atoms with van der Waals surface area (Å²) < 4.78 is 16.4. The summed E-state index contributed by atoms with van der Waals surface area (Å²) in [5, 5.41) is 3.05. The van der Waals surface area contributed by atoms with Gasteiger partial charge in [0, 0.05) is 25.9 Å². The van der Waals surface area contributed by atoms with Crippen molar-refractivity contribution in [2.24, 2.45) is 5.92 Å². The zero-order chi connectivity index (χ0) is 28.0. The molecule has 0 saturated carbocycles. The van der Waals surface area contributed by atoms with Crippen LogP contribution in [0.5, 0.6) is 17.2 Å². The number of nitrogens with zero attached hydrogens (tertiary/aromatic N) is 1. The molecule has 2 amide bonds. The van der Waals surface area contributed by atoms with Crippen LogP contribution >= 0.6 is 0 Å². The van der Waals surface area contributed by atoms with Crippen LogP contribution in [-0.2, 0) is 22.6 Å². The van der Waals surface area contributed by atoms with Crippen LogP contribution in [-0.4, -0.2) is 50.1 Å². The molecule has 0 saturated heterocycles. The Balaban J connectivity index is 1.78. The van der Waals surface area contributed by atoms with Crippen molar-refractivity contribution in [3.05, 3.63) is 90.0 Å². The van der Waals surface area contributed by atoms with E-state index < -0.39 is 6.04 Å². The molecule has 1 N–H and O–H groups in total. The third kappa shape index (κ3) is 9.67. The molecule has 0 aliphatic heterocycles. The first-order chi connectivity index (χ1) is 18.9. The molecule has 39 heavy (non-hydrogen) atoms. The first kappa shape index (κ1) is 29.6. The van der Waals surface area contributed by atoms with Gasteiger partial charge in [-0.3, -0.25) is 9.59 Å². The summed E-state index contributed by atoms with van der Waals surface area (Å²) >= 11 is 0. The molecule has 3 rings (SSSR count). The highest BCUT2D eigenvalue weighted by Crippen LogP contribution is 2.20. The number of hydrogen-bond donors (Lipinski definition) is 1. The number of rotatable bonds is 15. The number of ether oxygens (including phenoxy) is 3. The molecule has 1 atom stereocenters. The third-order valence-corrected chi connectivity index (χ3v) is 6.31. The fraction of sp³-hybridized carbons (Fsp3) is 0.375. The molecular formula is C32H40N2O5. The number of carbonyl (C=O) groups is 2. The first-order valence-electron chi connectivity index (χ1n) is 13.4. The number of amides is 2. The van der Waals surface area contributed by atoms with Crippen LogP contribution in [0.25, 0.3) is 0 Å². The molecule has 3 aromatic carbocycles. The van der Waals surface area contributed by atoms with E-state index >= 15 is 0 Å². The van der Waals surface area contributed by atoms with Gasteiger partial charge in [-0.15, -0.1) is 0 Å². The van der Waals surface area contributed by atoms with Crippen LogP contribution in [0.3, 0.4) is 0 Å². The minimum absolute atomic E-state index is 0.100. The minimum Gasteiger partial charge on any atom is -0.497 e. The van der Waals surface area contributed by atoms with E-state index in [4.69, 9.17) is 14.2 Å². The molecule has 0 spiro atoms. The lowest BCUT2D eigenvalue weighted by molar-refractivity contribution is -0.141. The molecule has 0 bridgehead atoms. The van der Waals surface area contributed by atoms with Crippen molar-refractivity contribution in [2.75, 3.05) is 27.4 Å². The summed E-state index contributed by atoms with van der Waals surface area (Å²) in [6, 6.07) is 24.1. The average Bonchev–Trinajstić information content (AvgIpc) is 2.96. The standard InChI is InChI=1S/C32H40N2O5/c1-24(2)22-33-32(36)30(21-25-10-6-5-7-11-25)34(23-26-12-8-13-29(20-26)38-4)31(35)14-9-19-39-28-17-15-27(37-3)16-18-28/h5-8,10-13,15-18,20,24,30H,9,14,19,21-23H2,1-4H3,(H,33,36)/t30-/m1/s1. The summed E-state index contributed by atoms with van der Waals surface area (Å²) in [5.74, 6) is 2.22. The Morgan fingerprint density at radius 1 is 0.821 bits per heavy atom. The van der Waals surface area contributed by atoms with Gasteiger partial charge in [-0.25, -0.2) is 0 Å². The highest BCUT2D eigenvalue weighted by molar-refractivity contribution is 5.88. The average molecular weight is 533 g/mol. The minimum atomic E-state index is -0.660. The molecule has 208 valence electrons. The molecule has 0 fully saturated rings. The Labute approximate surface area is 232 Å². The maximum absolute atomic E-state index is 13.7. The first-order valence-corrected chi connectivity index (χ1v) is 13.4. The van der Waals surface area contributed by atoms with Crippen LogP contribution < -0.4 is 19.5 Å². The lowest BCUT2D eigenvalue weighted by Crippen LogP contribution is -2.51. The van der Waals surface area contributed by atoms with E-state index in [1.54, 1.807) is 19.1 Å². The van der Waals surface area contributed by atoms with Gasteiger partial charge in [0.05, 0.1) is 20.8 Å². The second kappa shape index (κ2) is 15.4. The maximum atomic E-state index is 13.7. The topological polar surface area (TPSA) is 77.1 Å². The van der Waals surface area contributed by atoms with Crippen molar-refractivity contribution in [1.82, 2.24) is 10.2 Å². The van der Waals surface area contributed by atoms with Crippen LogP contribution in [0.1, 0.15) is 37.8 Å². The van der Waals surface area contributed by atoms with Crippen LogP contribution in [0.4, 0.5) is 0 Å². The highest BCUT2D eigenvalue weighted by atomic mass is 16.5. The Hall–Kier alpha value is -4.00. The second-order valence-electron chi connectivity index (χ2n) is 9.85. The maximum Gasteiger partial charge on any atom is 0.243 e. The van der Waals surface area contributed by atoms with E-state index in [2.05, 4.69) is 19.2 Å². The number of hydrogen-bond acceptors (Lipinski definition) is 5. The number of nitrogens with one attached hydrogen (secondary N) is 1. The van der Waals surface area contributed by atoms with Gasteiger partial charge in [-0.1, -0.05) is 56.3 Å². The molecule has 0 aliphatic carbocycles. The predicted octanol–water partition coefficient (Wildman–Crippen LogP) is 5.28. The Morgan fingerprint density at radius 2 is 1.49 bits per heavy atom. The summed E-state index contributed by atoms with van der Waals surface area (Å²) in [6.45, 7) is 5.32. The van der Waals surface area contributed by atoms with Gasteiger partial charge in [0.15, 0.2) is 0 Å².